The second-order valence-electron chi connectivity index (χ2n) is 4.38. The first-order chi connectivity index (χ1) is 9.36. The zero-order chi connectivity index (χ0) is 13.1. The van der Waals surface area contributed by atoms with Gasteiger partial charge in [-0.2, -0.15) is 0 Å². The number of nitrogens with zero attached hydrogens (tertiary/aromatic N) is 1. The van der Waals surface area contributed by atoms with Gasteiger partial charge in [-0.25, -0.2) is 0 Å². The number of nitrogens with two attached hydrogens (primary N) is 1. The molecule has 0 unspecified atom stereocenters. The van der Waals surface area contributed by atoms with Gasteiger partial charge in [-0.1, -0.05) is 6.07 Å². The van der Waals surface area contributed by atoms with Crippen molar-refractivity contribution in [2.24, 2.45) is 5.73 Å². The molecule has 0 radical (unpaired) electrons. The molecule has 0 aliphatic heterocycles. The monoisotopic (exact) mass is 253 g/mol. The van der Waals surface area contributed by atoms with Crippen molar-refractivity contribution in [1.29, 1.82) is 0 Å². The maximum atomic E-state index is 5.72. The standard InChI is InChI=1S/C15H15N3O/c16-7-11-3-4-15-14(6-11)12(8-18-15)10-19-13-2-1-5-17-9-13/h1-6,8-9,18H,7,10,16H2. The van der Waals surface area contributed by atoms with E-state index in [2.05, 4.69) is 16.0 Å². The molecule has 2 aromatic heterocycles. The van der Waals surface area contributed by atoms with E-state index in [4.69, 9.17) is 10.5 Å². The van der Waals surface area contributed by atoms with Crippen molar-refractivity contribution >= 4 is 10.9 Å². The third-order valence-electron chi connectivity index (χ3n) is 3.10. The minimum absolute atomic E-state index is 0.514. The van der Waals surface area contributed by atoms with E-state index in [0.29, 0.717) is 13.2 Å². The molecule has 0 atom stereocenters. The molecule has 0 amide bonds. The lowest BCUT2D eigenvalue weighted by atomic mass is 10.1. The first kappa shape index (κ1) is 11.7. The largest absolute Gasteiger partial charge is 0.487 e. The zero-order valence-corrected chi connectivity index (χ0v) is 10.5. The van der Waals surface area contributed by atoms with Crippen molar-refractivity contribution in [2.45, 2.75) is 13.2 Å². The third-order valence-corrected chi connectivity index (χ3v) is 3.10. The first-order valence-corrected chi connectivity index (χ1v) is 6.18. The van der Waals surface area contributed by atoms with Crippen LogP contribution in [0.2, 0.25) is 0 Å². The minimum Gasteiger partial charge on any atom is -0.487 e. The van der Waals surface area contributed by atoms with Gasteiger partial charge in [-0.15, -0.1) is 0 Å². The first-order valence-electron chi connectivity index (χ1n) is 6.18. The molecule has 3 N–H and O–H groups in total. The fourth-order valence-electron chi connectivity index (χ4n) is 2.07. The highest BCUT2D eigenvalue weighted by atomic mass is 16.5. The molecule has 4 nitrogen and oxygen atoms in total. The summed E-state index contributed by atoms with van der Waals surface area (Å²) >= 11 is 0. The van der Waals surface area contributed by atoms with Gasteiger partial charge in [-0.3, -0.25) is 4.98 Å². The van der Waals surface area contributed by atoms with Crippen molar-refractivity contribution in [1.82, 2.24) is 9.97 Å². The van der Waals surface area contributed by atoms with Gasteiger partial charge in [0.1, 0.15) is 12.4 Å². The molecule has 4 heteroatoms. The van der Waals surface area contributed by atoms with E-state index in [-0.39, 0.29) is 0 Å². The van der Waals surface area contributed by atoms with Crippen LogP contribution in [0.1, 0.15) is 11.1 Å². The van der Waals surface area contributed by atoms with E-state index in [9.17, 15) is 0 Å². The number of benzene rings is 1. The summed E-state index contributed by atoms with van der Waals surface area (Å²) in [6.07, 6.45) is 5.41. The Morgan fingerprint density at radius 3 is 3.00 bits per heavy atom. The highest BCUT2D eigenvalue weighted by molar-refractivity contribution is 5.83. The van der Waals surface area contributed by atoms with E-state index >= 15 is 0 Å². The molecule has 0 aliphatic carbocycles. The van der Waals surface area contributed by atoms with Crippen LogP contribution in [0.15, 0.2) is 48.9 Å². The average molecular weight is 253 g/mol. The van der Waals surface area contributed by atoms with Crippen molar-refractivity contribution < 1.29 is 4.74 Å². The number of fused-ring (bicyclic) bond motifs is 1. The maximum Gasteiger partial charge on any atom is 0.138 e. The molecule has 3 aromatic rings. The van der Waals surface area contributed by atoms with E-state index in [1.807, 2.05) is 30.5 Å². The quantitative estimate of drug-likeness (QED) is 0.751. The maximum absolute atomic E-state index is 5.72. The van der Waals surface area contributed by atoms with Gasteiger partial charge in [0.05, 0.1) is 6.20 Å². The molecule has 3 rings (SSSR count). The van der Waals surface area contributed by atoms with Crippen LogP contribution in [0.5, 0.6) is 5.75 Å². The summed E-state index contributed by atoms with van der Waals surface area (Å²) < 4.78 is 5.72. The Bertz CT molecular complexity index is 676. The molecule has 96 valence electrons. The van der Waals surface area contributed by atoms with Gasteiger partial charge in [-0.05, 0) is 29.8 Å². The van der Waals surface area contributed by atoms with Crippen LogP contribution in [0.25, 0.3) is 10.9 Å². The SMILES string of the molecule is NCc1ccc2[nH]cc(COc3cccnc3)c2c1. The van der Waals surface area contributed by atoms with Gasteiger partial charge in [0.15, 0.2) is 0 Å². The Hall–Kier alpha value is -2.33. The molecule has 19 heavy (non-hydrogen) atoms. The van der Waals surface area contributed by atoms with Gasteiger partial charge in [0.25, 0.3) is 0 Å². The Kier molecular flexibility index (Phi) is 3.16. The summed E-state index contributed by atoms with van der Waals surface area (Å²) in [7, 11) is 0. The number of rotatable bonds is 4. The molecular weight excluding hydrogens is 238 g/mol. The highest BCUT2D eigenvalue weighted by Gasteiger charge is 2.05. The number of pyridine rings is 1. The van der Waals surface area contributed by atoms with Crippen LogP contribution in [0, 0.1) is 0 Å². The Morgan fingerprint density at radius 2 is 2.21 bits per heavy atom. The summed E-state index contributed by atoms with van der Waals surface area (Å²) in [5.41, 5.74) is 9.01. The van der Waals surface area contributed by atoms with Crippen LogP contribution in [-0.2, 0) is 13.2 Å². The molecule has 0 bridgehead atoms. The molecule has 0 saturated heterocycles. The van der Waals surface area contributed by atoms with Crippen LogP contribution >= 0.6 is 0 Å². The second-order valence-corrected chi connectivity index (χ2v) is 4.38. The predicted molar refractivity (Wildman–Crippen MR) is 74.8 cm³/mol. The number of ether oxygens (including phenoxy) is 1. The van der Waals surface area contributed by atoms with Crippen molar-refractivity contribution in [3.05, 3.63) is 60.0 Å². The number of aromatic nitrogens is 2. The average Bonchev–Trinajstić information content (AvgIpc) is 2.88. The van der Waals surface area contributed by atoms with Crippen molar-refractivity contribution in [2.75, 3.05) is 0 Å². The zero-order valence-electron chi connectivity index (χ0n) is 10.5. The Balaban J connectivity index is 1.84. The van der Waals surface area contributed by atoms with Crippen LogP contribution in [0.3, 0.4) is 0 Å². The van der Waals surface area contributed by atoms with E-state index in [1.54, 1.807) is 12.4 Å². The van der Waals surface area contributed by atoms with Gasteiger partial charge < -0.3 is 15.5 Å². The smallest absolute Gasteiger partial charge is 0.138 e. The number of hydrogen-bond donors (Lipinski definition) is 2. The van der Waals surface area contributed by atoms with Crippen molar-refractivity contribution in [3.63, 3.8) is 0 Å². The van der Waals surface area contributed by atoms with E-state index < -0.39 is 0 Å². The Morgan fingerprint density at radius 1 is 1.26 bits per heavy atom. The fourth-order valence-corrected chi connectivity index (χ4v) is 2.07. The minimum atomic E-state index is 0.514. The summed E-state index contributed by atoms with van der Waals surface area (Å²) in [5.74, 6) is 0.770. The highest BCUT2D eigenvalue weighted by Crippen LogP contribution is 2.21. The molecule has 0 spiro atoms. The summed E-state index contributed by atoms with van der Waals surface area (Å²) in [6, 6.07) is 9.94. The summed E-state index contributed by atoms with van der Waals surface area (Å²) in [5, 5.41) is 1.16. The van der Waals surface area contributed by atoms with Gasteiger partial charge >= 0.3 is 0 Å². The normalized spacial score (nSPS) is 10.8. The van der Waals surface area contributed by atoms with Gasteiger partial charge in [0, 0.05) is 35.4 Å². The van der Waals surface area contributed by atoms with Gasteiger partial charge in [0.2, 0.25) is 0 Å². The fraction of sp³-hybridized carbons (Fsp3) is 0.133. The number of hydrogen-bond acceptors (Lipinski definition) is 3. The van der Waals surface area contributed by atoms with Crippen molar-refractivity contribution in [3.8, 4) is 5.75 Å². The molecular formula is C15H15N3O. The lowest BCUT2D eigenvalue weighted by molar-refractivity contribution is 0.306. The molecule has 0 aliphatic rings. The summed E-state index contributed by atoms with van der Waals surface area (Å²) in [6.45, 7) is 1.06. The van der Waals surface area contributed by atoms with Crippen LogP contribution in [-0.4, -0.2) is 9.97 Å². The van der Waals surface area contributed by atoms with E-state index in [1.165, 1.54) is 0 Å². The topological polar surface area (TPSA) is 63.9 Å². The molecule has 0 fully saturated rings. The molecule has 2 heterocycles. The lowest BCUT2D eigenvalue weighted by Gasteiger charge is -2.05. The predicted octanol–water partition coefficient (Wildman–Crippen LogP) is 2.60. The number of nitrogens with one attached hydrogen (secondary N) is 1. The van der Waals surface area contributed by atoms with Crippen LogP contribution < -0.4 is 10.5 Å². The molecule has 0 saturated carbocycles. The Labute approximate surface area is 111 Å². The number of aromatic amines is 1. The third kappa shape index (κ3) is 2.44. The second kappa shape index (κ2) is 5.12. The summed E-state index contributed by atoms with van der Waals surface area (Å²) in [4.78, 5) is 7.26. The molecule has 1 aromatic carbocycles. The lowest BCUT2D eigenvalue weighted by Crippen LogP contribution is -1.97. The number of H-pyrrole nitrogens is 1. The van der Waals surface area contributed by atoms with Crippen LogP contribution in [0.4, 0.5) is 0 Å². The van der Waals surface area contributed by atoms with E-state index in [0.717, 1.165) is 27.8 Å².